The molecule has 2 N–H and O–H groups in total. The quantitative estimate of drug-likeness (QED) is 0.358. The summed E-state index contributed by atoms with van der Waals surface area (Å²) in [5.74, 6) is 2.50. The van der Waals surface area contributed by atoms with Gasteiger partial charge >= 0.3 is 0 Å². The molecule has 0 aromatic rings. The minimum atomic E-state index is 0.549. The Morgan fingerprint density at radius 3 is 2.61 bits per heavy atom. The molecular weight excluding hydrogens is 352 g/mol. The lowest BCUT2D eigenvalue weighted by molar-refractivity contribution is 0.0888. The standard InChI is InChI=1S/C22H42N4O2/c1-23-22(24-11-5-14-27-17-20-10-15-28-18-20)25-21-8-12-26(13-9-21)16-19-6-3-2-4-7-19/h19-21H,2-18H2,1H3,(H2,23,24,25). The van der Waals surface area contributed by atoms with Crippen molar-refractivity contribution in [2.24, 2.45) is 16.8 Å². The number of rotatable bonds is 9. The van der Waals surface area contributed by atoms with Gasteiger partial charge in [-0.1, -0.05) is 19.3 Å². The maximum atomic E-state index is 5.77. The van der Waals surface area contributed by atoms with Crippen molar-refractivity contribution in [3.63, 3.8) is 0 Å². The zero-order valence-corrected chi connectivity index (χ0v) is 18.0. The fraction of sp³-hybridized carbons (Fsp3) is 0.955. The Bertz CT molecular complexity index is 440. The van der Waals surface area contributed by atoms with Gasteiger partial charge in [0.25, 0.3) is 0 Å². The van der Waals surface area contributed by atoms with Crippen molar-refractivity contribution in [3.8, 4) is 0 Å². The molecule has 6 heteroatoms. The number of aliphatic imine (C=N–C) groups is 1. The van der Waals surface area contributed by atoms with Crippen molar-refractivity contribution < 1.29 is 9.47 Å². The Kier molecular flexibility index (Phi) is 9.88. The van der Waals surface area contributed by atoms with Gasteiger partial charge in [0.1, 0.15) is 0 Å². The van der Waals surface area contributed by atoms with Gasteiger partial charge in [-0.15, -0.1) is 0 Å². The summed E-state index contributed by atoms with van der Waals surface area (Å²) < 4.78 is 11.1. The summed E-state index contributed by atoms with van der Waals surface area (Å²) in [7, 11) is 1.87. The second-order valence-corrected chi connectivity index (χ2v) is 8.88. The highest BCUT2D eigenvalue weighted by Gasteiger charge is 2.23. The molecule has 1 unspecified atom stereocenters. The predicted octanol–water partition coefficient (Wildman–Crippen LogP) is 2.64. The highest BCUT2D eigenvalue weighted by molar-refractivity contribution is 5.79. The number of nitrogens with one attached hydrogen (secondary N) is 2. The largest absolute Gasteiger partial charge is 0.381 e. The minimum absolute atomic E-state index is 0.549. The average Bonchev–Trinajstić information content (AvgIpc) is 3.25. The normalized spacial score (nSPS) is 25.9. The van der Waals surface area contributed by atoms with Crippen LogP contribution in [0.15, 0.2) is 4.99 Å². The Morgan fingerprint density at radius 2 is 1.89 bits per heavy atom. The second kappa shape index (κ2) is 12.7. The highest BCUT2D eigenvalue weighted by atomic mass is 16.5. The molecule has 6 nitrogen and oxygen atoms in total. The summed E-state index contributed by atoms with van der Waals surface area (Å²) in [4.78, 5) is 7.09. The molecule has 0 aromatic heterocycles. The van der Waals surface area contributed by atoms with Gasteiger partial charge in [-0.05, 0) is 44.4 Å². The number of nitrogens with zero attached hydrogens (tertiary/aromatic N) is 2. The van der Waals surface area contributed by atoms with Gasteiger partial charge in [0.2, 0.25) is 0 Å². The lowest BCUT2D eigenvalue weighted by atomic mass is 9.88. The molecule has 2 heterocycles. The topological polar surface area (TPSA) is 58.1 Å². The first-order chi connectivity index (χ1) is 13.8. The number of hydrogen-bond acceptors (Lipinski definition) is 4. The summed E-state index contributed by atoms with van der Waals surface area (Å²) in [6.07, 6.45) is 11.9. The fourth-order valence-electron chi connectivity index (χ4n) is 4.73. The van der Waals surface area contributed by atoms with Gasteiger partial charge in [-0.25, -0.2) is 0 Å². The Labute approximate surface area is 171 Å². The van der Waals surface area contributed by atoms with Crippen LogP contribution in [0.25, 0.3) is 0 Å². The molecule has 0 spiro atoms. The molecule has 3 rings (SSSR count). The lowest BCUT2D eigenvalue weighted by Gasteiger charge is -2.36. The Morgan fingerprint density at radius 1 is 1.07 bits per heavy atom. The van der Waals surface area contributed by atoms with E-state index in [0.717, 1.165) is 57.7 Å². The van der Waals surface area contributed by atoms with Crippen LogP contribution in [0.5, 0.6) is 0 Å². The fourth-order valence-corrected chi connectivity index (χ4v) is 4.73. The van der Waals surface area contributed by atoms with Crippen molar-refractivity contribution in [2.45, 2.75) is 63.8 Å². The number of hydrogen-bond donors (Lipinski definition) is 2. The molecule has 0 bridgehead atoms. The van der Waals surface area contributed by atoms with Crippen LogP contribution in [0.2, 0.25) is 0 Å². The van der Waals surface area contributed by atoms with Gasteiger partial charge in [-0.3, -0.25) is 4.99 Å². The van der Waals surface area contributed by atoms with Crippen LogP contribution in [0, 0.1) is 11.8 Å². The number of ether oxygens (including phenoxy) is 2. The predicted molar refractivity (Wildman–Crippen MR) is 115 cm³/mol. The molecular formula is C22H42N4O2. The molecule has 3 fully saturated rings. The van der Waals surface area contributed by atoms with Crippen LogP contribution in [0.1, 0.15) is 57.8 Å². The molecule has 0 aromatic carbocycles. The third-order valence-corrected chi connectivity index (χ3v) is 6.53. The summed E-state index contributed by atoms with van der Waals surface area (Å²) >= 11 is 0. The van der Waals surface area contributed by atoms with Crippen molar-refractivity contribution >= 4 is 5.96 Å². The van der Waals surface area contributed by atoms with E-state index in [9.17, 15) is 0 Å². The zero-order chi connectivity index (χ0) is 19.4. The number of guanidine groups is 1. The molecule has 0 amide bonds. The third kappa shape index (κ3) is 7.88. The van der Waals surface area contributed by atoms with Crippen LogP contribution in [-0.2, 0) is 9.47 Å². The Balaban J connectivity index is 1.21. The van der Waals surface area contributed by atoms with Crippen LogP contribution in [0.3, 0.4) is 0 Å². The van der Waals surface area contributed by atoms with Crippen LogP contribution in [0.4, 0.5) is 0 Å². The molecule has 1 atom stereocenters. The van der Waals surface area contributed by atoms with E-state index >= 15 is 0 Å². The molecule has 2 aliphatic heterocycles. The monoisotopic (exact) mass is 394 g/mol. The lowest BCUT2D eigenvalue weighted by Crippen LogP contribution is -2.49. The van der Waals surface area contributed by atoms with Crippen LogP contribution in [-0.4, -0.2) is 76.6 Å². The van der Waals surface area contributed by atoms with E-state index in [1.54, 1.807) is 0 Å². The Hall–Kier alpha value is -0.850. The van der Waals surface area contributed by atoms with Crippen LogP contribution < -0.4 is 10.6 Å². The molecule has 3 aliphatic rings. The van der Waals surface area contributed by atoms with E-state index in [0.29, 0.717) is 12.0 Å². The van der Waals surface area contributed by atoms with E-state index in [-0.39, 0.29) is 0 Å². The highest BCUT2D eigenvalue weighted by Crippen LogP contribution is 2.25. The summed E-state index contributed by atoms with van der Waals surface area (Å²) in [5.41, 5.74) is 0. The average molecular weight is 395 g/mol. The van der Waals surface area contributed by atoms with E-state index in [2.05, 4.69) is 20.5 Å². The first-order valence-electron chi connectivity index (χ1n) is 11.7. The van der Waals surface area contributed by atoms with E-state index < -0.39 is 0 Å². The summed E-state index contributed by atoms with van der Waals surface area (Å²) in [5, 5.41) is 7.06. The van der Waals surface area contributed by atoms with E-state index in [1.807, 2.05) is 7.05 Å². The molecule has 1 aliphatic carbocycles. The molecule has 1 saturated carbocycles. The van der Waals surface area contributed by atoms with Gasteiger partial charge in [0.15, 0.2) is 5.96 Å². The van der Waals surface area contributed by atoms with Crippen molar-refractivity contribution in [1.29, 1.82) is 0 Å². The molecule has 28 heavy (non-hydrogen) atoms. The first kappa shape index (κ1) is 21.8. The van der Waals surface area contributed by atoms with Gasteiger partial charge in [-0.2, -0.15) is 0 Å². The first-order valence-corrected chi connectivity index (χ1v) is 11.7. The SMILES string of the molecule is CN=C(NCCCOCC1CCOC1)NC1CCN(CC2CCCCC2)CC1. The number of likely N-dealkylation sites (tertiary alicyclic amines) is 1. The van der Waals surface area contributed by atoms with Gasteiger partial charge in [0.05, 0.1) is 13.2 Å². The van der Waals surface area contributed by atoms with E-state index in [1.165, 1.54) is 64.6 Å². The smallest absolute Gasteiger partial charge is 0.191 e. The van der Waals surface area contributed by atoms with E-state index in [4.69, 9.17) is 9.47 Å². The second-order valence-electron chi connectivity index (χ2n) is 8.88. The molecule has 0 radical (unpaired) electrons. The number of piperidine rings is 1. The van der Waals surface area contributed by atoms with Gasteiger partial charge in [0, 0.05) is 58.4 Å². The molecule has 162 valence electrons. The van der Waals surface area contributed by atoms with Crippen molar-refractivity contribution in [3.05, 3.63) is 0 Å². The zero-order valence-electron chi connectivity index (χ0n) is 18.0. The third-order valence-electron chi connectivity index (χ3n) is 6.53. The summed E-state index contributed by atoms with van der Waals surface area (Å²) in [6, 6.07) is 0.549. The van der Waals surface area contributed by atoms with Crippen LogP contribution >= 0.6 is 0 Å². The van der Waals surface area contributed by atoms with Gasteiger partial charge < -0.3 is 25.0 Å². The summed E-state index contributed by atoms with van der Waals surface area (Å²) in [6.45, 7) is 8.10. The maximum Gasteiger partial charge on any atom is 0.191 e. The maximum absolute atomic E-state index is 5.77. The minimum Gasteiger partial charge on any atom is -0.381 e. The van der Waals surface area contributed by atoms with Crippen molar-refractivity contribution in [1.82, 2.24) is 15.5 Å². The molecule has 2 saturated heterocycles. The van der Waals surface area contributed by atoms with Crippen molar-refractivity contribution in [2.75, 3.05) is 59.7 Å².